The maximum absolute atomic E-state index is 12.8. The molecule has 2 heterocycles. The highest BCUT2D eigenvalue weighted by Crippen LogP contribution is 2.23. The topological polar surface area (TPSA) is 67.6 Å². The van der Waals surface area contributed by atoms with Crippen molar-refractivity contribution in [3.05, 3.63) is 82.2 Å². The van der Waals surface area contributed by atoms with E-state index in [0.717, 1.165) is 5.39 Å². The summed E-state index contributed by atoms with van der Waals surface area (Å²) in [5.41, 5.74) is 0.589. The first kappa shape index (κ1) is 17.2. The Morgan fingerprint density at radius 3 is 2.33 bits per heavy atom. The van der Waals surface area contributed by atoms with Crippen molar-refractivity contribution in [2.75, 3.05) is 13.1 Å². The molecule has 1 aliphatic rings. The van der Waals surface area contributed by atoms with E-state index in [1.807, 2.05) is 36.4 Å². The van der Waals surface area contributed by atoms with E-state index in [1.54, 1.807) is 29.2 Å². The van der Waals surface area contributed by atoms with Gasteiger partial charge in [-0.15, -0.1) is 0 Å². The molecular weight excluding hydrogens is 342 g/mol. The molecule has 0 N–H and O–H groups in total. The van der Waals surface area contributed by atoms with Gasteiger partial charge in [-0.05, 0) is 25.0 Å². The Morgan fingerprint density at radius 1 is 0.926 bits per heavy atom. The Morgan fingerprint density at radius 2 is 1.59 bits per heavy atom. The summed E-state index contributed by atoms with van der Waals surface area (Å²) < 4.78 is 5.26. The summed E-state index contributed by atoms with van der Waals surface area (Å²) in [6, 6.07) is 17.9. The molecule has 0 saturated carbocycles. The van der Waals surface area contributed by atoms with Crippen LogP contribution in [0.25, 0.3) is 11.0 Å². The lowest BCUT2D eigenvalue weighted by Crippen LogP contribution is -2.41. The van der Waals surface area contributed by atoms with Crippen molar-refractivity contribution >= 4 is 22.7 Å². The number of Topliss-reactive ketones (excluding diaryl/α,β-unsaturated/α-hetero) is 1. The van der Waals surface area contributed by atoms with E-state index in [1.165, 1.54) is 0 Å². The molecule has 0 aliphatic carbocycles. The zero-order chi connectivity index (χ0) is 18.8. The second kappa shape index (κ2) is 7.19. The van der Waals surface area contributed by atoms with Crippen molar-refractivity contribution in [3.63, 3.8) is 0 Å². The smallest absolute Gasteiger partial charge is 0.349 e. The Labute approximate surface area is 156 Å². The highest BCUT2D eigenvalue weighted by molar-refractivity contribution is 5.99. The van der Waals surface area contributed by atoms with Gasteiger partial charge in [0.25, 0.3) is 5.91 Å². The van der Waals surface area contributed by atoms with Crippen molar-refractivity contribution in [2.24, 2.45) is 5.92 Å². The predicted octanol–water partition coefficient (Wildman–Crippen LogP) is 3.53. The SMILES string of the molecule is O=C(c1ccccc1)C1CCN(C(=O)c2cc3ccccc3oc2=O)CC1. The van der Waals surface area contributed by atoms with E-state index < -0.39 is 5.63 Å². The Hall–Kier alpha value is -3.21. The molecule has 5 heteroatoms. The molecule has 1 saturated heterocycles. The lowest BCUT2D eigenvalue weighted by atomic mass is 9.88. The molecule has 1 aromatic heterocycles. The number of rotatable bonds is 3. The summed E-state index contributed by atoms with van der Waals surface area (Å²) in [5, 5.41) is 0.717. The molecule has 2 aromatic carbocycles. The van der Waals surface area contributed by atoms with E-state index in [4.69, 9.17) is 4.42 Å². The van der Waals surface area contributed by atoms with Crippen LogP contribution in [0.1, 0.15) is 33.6 Å². The third kappa shape index (κ3) is 3.40. The molecule has 0 atom stereocenters. The lowest BCUT2D eigenvalue weighted by molar-refractivity contribution is 0.0647. The number of amides is 1. The maximum atomic E-state index is 12.8. The minimum absolute atomic E-state index is 0.0431. The summed E-state index contributed by atoms with van der Waals surface area (Å²) in [5.74, 6) is -0.308. The monoisotopic (exact) mass is 361 g/mol. The van der Waals surface area contributed by atoms with Crippen LogP contribution < -0.4 is 5.63 Å². The van der Waals surface area contributed by atoms with Crippen molar-refractivity contribution in [1.29, 1.82) is 0 Å². The fourth-order valence-corrected chi connectivity index (χ4v) is 3.56. The van der Waals surface area contributed by atoms with Gasteiger partial charge in [-0.1, -0.05) is 48.5 Å². The number of benzene rings is 2. The van der Waals surface area contributed by atoms with Crippen molar-refractivity contribution < 1.29 is 14.0 Å². The standard InChI is InChI=1S/C22H19NO4/c24-20(15-6-2-1-3-7-15)16-10-12-23(13-11-16)21(25)18-14-17-8-4-5-9-19(17)27-22(18)26/h1-9,14,16H,10-13H2. The first-order valence-electron chi connectivity index (χ1n) is 9.05. The number of nitrogens with zero attached hydrogens (tertiary/aromatic N) is 1. The minimum atomic E-state index is -0.624. The van der Waals surface area contributed by atoms with Crippen molar-refractivity contribution in [3.8, 4) is 0 Å². The number of likely N-dealkylation sites (tertiary alicyclic amines) is 1. The molecule has 0 spiro atoms. The Bertz CT molecular complexity index is 1050. The van der Waals surface area contributed by atoms with Gasteiger partial charge in [0.15, 0.2) is 5.78 Å². The van der Waals surface area contributed by atoms with Crippen LogP contribution in [0.5, 0.6) is 0 Å². The van der Waals surface area contributed by atoms with Gasteiger partial charge in [-0.3, -0.25) is 9.59 Å². The molecule has 1 amide bonds. The van der Waals surface area contributed by atoms with Gasteiger partial charge in [0.05, 0.1) is 0 Å². The van der Waals surface area contributed by atoms with Crippen molar-refractivity contribution in [1.82, 2.24) is 4.90 Å². The lowest BCUT2D eigenvalue weighted by Gasteiger charge is -2.31. The molecule has 4 rings (SSSR count). The first-order valence-corrected chi connectivity index (χ1v) is 9.05. The molecule has 136 valence electrons. The Kier molecular flexibility index (Phi) is 4.59. The molecule has 3 aromatic rings. The second-order valence-electron chi connectivity index (χ2n) is 6.78. The third-order valence-electron chi connectivity index (χ3n) is 5.08. The van der Waals surface area contributed by atoms with Gasteiger partial charge in [0, 0.05) is 30.0 Å². The molecule has 27 heavy (non-hydrogen) atoms. The quantitative estimate of drug-likeness (QED) is 0.529. The molecule has 0 radical (unpaired) electrons. The Balaban J connectivity index is 1.48. The number of piperidine rings is 1. The predicted molar refractivity (Wildman–Crippen MR) is 102 cm³/mol. The number of fused-ring (bicyclic) bond motifs is 1. The van der Waals surface area contributed by atoms with E-state index in [9.17, 15) is 14.4 Å². The number of carbonyl (C=O) groups excluding carboxylic acids is 2. The summed E-state index contributed by atoms with van der Waals surface area (Å²) in [7, 11) is 0. The average Bonchev–Trinajstić information content (AvgIpc) is 2.73. The van der Waals surface area contributed by atoms with Crippen LogP contribution in [0.15, 0.2) is 69.9 Å². The average molecular weight is 361 g/mol. The minimum Gasteiger partial charge on any atom is -0.422 e. The maximum Gasteiger partial charge on any atom is 0.349 e. The molecular formula is C22H19NO4. The van der Waals surface area contributed by atoms with Gasteiger partial charge in [0.2, 0.25) is 0 Å². The van der Waals surface area contributed by atoms with Crippen LogP contribution >= 0.6 is 0 Å². The fraction of sp³-hybridized carbons (Fsp3) is 0.227. The summed E-state index contributed by atoms with van der Waals surface area (Å²) in [6.07, 6.45) is 1.19. The number of para-hydroxylation sites is 1. The normalized spacial score (nSPS) is 15.0. The number of hydrogen-bond donors (Lipinski definition) is 0. The number of ketones is 1. The van der Waals surface area contributed by atoms with Gasteiger partial charge in [0.1, 0.15) is 11.1 Å². The van der Waals surface area contributed by atoms with E-state index in [0.29, 0.717) is 37.1 Å². The summed E-state index contributed by atoms with van der Waals surface area (Å²) >= 11 is 0. The van der Waals surface area contributed by atoms with Gasteiger partial charge >= 0.3 is 5.63 Å². The van der Waals surface area contributed by atoms with Gasteiger partial charge in [-0.25, -0.2) is 4.79 Å². The van der Waals surface area contributed by atoms with Crippen LogP contribution in [0.3, 0.4) is 0 Å². The largest absolute Gasteiger partial charge is 0.422 e. The van der Waals surface area contributed by atoms with Crippen LogP contribution in [-0.4, -0.2) is 29.7 Å². The van der Waals surface area contributed by atoms with Gasteiger partial charge in [-0.2, -0.15) is 0 Å². The summed E-state index contributed by atoms with van der Waals surface area (Å²) in [6.45, 7) is 0.905. The highest BCUT2D eigenvalue weighted by Gasteiger charge is 2.29. The summed E-state index contributed by atoms with van der Waals surface area (Å²) in [4.78, 5) is 39.2. The van der Waals surface area contributed by atoms with Crippen molar-refractivity contribution in [2.45, 2.75) is 12.8 Å². The number of hydrogen-bond acceptors (Lipinski definition) is 4. The van der Waals surface area contributed by atoms with Crippen LogP contribution in [-0.2, 0) is 0 Å². The zero-order valence-electron chi connectivity index (χ0n) is 14.8. The fourth-order valence-electron chi connectivity index (χ4n) is 3.56. The second-order valence-corrected chi connectivity index (χ2v) is 6.78. The molecule has 0 unspecified atom stereocenters. The molecule has 1 fully saturated rings. The first-order chi connectivity index (χ1) is 13.1. The highest BCUT2D eigenvalue weighted by atomic mass is 16.4. The van der Waals surface area contributed by atoms with Crippen LogP contribution in [0, 0.1) is 5.92 Å². The molecule has 1 aliphatic heterocycles. The van der Waals surface area contributed by atoms with Crippen LogP contribution in [0.2, 0.25) is 0 Å². The number of carbonyl (C=O) groups is 2. The van der Waals surface area contributed by atoms with E-state index in [2.05, 4.69) is 0 Å². The van der Waals surface area contributed by atoms with E-state index in [-0.39, 0.29) is 23.2 Å². The van der Waals surface area contributed by atoms with E-state index >= 15 is 0 Å². The van der Waals surface area contributed by atoms with Gasteiger partial charge < -0.3 is 9.32 Å². The third-order valence-corrected chi connectivity index (χ3v) is 5.08. The zero-order valence-corrected chi connectivity index (χ0v) is 14.8. The molecule has 5 nitrogen and oxygen atoms in total. The van der Waals surface area contributed by atoms with Crippen LogP contribution in [0.4, 0.5) is 0 Å². The molecule has 0 bridgehead atoms.